The van der Waals surface area contributed by atoms with Crippen molar-refractivity contribution in [3.05, 3.63) is 0 Å². The maximum Gasteiger partial charge on any atom is 0.535 e. The second-order valence-corrected chi connectivity index (χ2v) is 1.90. The molecular weight excluding hydrogens is 145 g/mol. The number of hydrogen-bond donors (Lipinski definition) is 0. The van der Waals surface area contributed by atoms with Crippen LogP contribution in [-0.2, 0) is 15.3 Å². The quantitative estimate of drug-likeness (QED) is 0.550. The van der Waals surface area contributed by atoms with Crippen molar-refractivity contribution in [2.75, 3.05) is 6.26 Å². The van der Waals surface area contributed by atoms with E-state index < -0.39 is 17.4 Å². The smallest absolute Gasteiger partial charge is 0.230 e. The van der Waals surface area contributed by atoms with E-state index >= 15 is 0 Å². The predicted molar refractivity (Wildman–Crippen MR) is 21.2 cm³/mol. The fraction of sp³-hybridized carbons (Fsp3) is 1.00. The second kappa shape index (κ2) is 2.45. The van der Waals surface area contributed by atoms with Gasteiger partial charge in [0.15, 0.2) is 11.1 Å². The second-order valence-electron chi connectivity index (χ2n) is 0.930. The predicted octanol–water partition coefficient (Wildman–Crippen LogP) is 0.816. The van der Waals surface area contributed by atoms with E-state index in [2.05, 4.69) is 4.18 Å². The highest BCUT2D eigenvalue weighted by Gasteiger charge is 2.31. The summed E-state index contributed by atoms with van der Waals surface area (Å²) in [6.07, 6.45) is -3.98. The van der Waals surface area contributed by atoms with Crippen molar-refractivity contribution in [3.63, 3.8) is 0 Å². The van der Waals surface area contributed by atoms with Gasteiger partial charge in [0, 0.05) is 6.26 Å². The minimum Gasteiger partial charge on any atom is -0.230 e. The Bertz CT molecular complexity index is 97.9. The Morgan fingerprint density at radius 1 is 1.50 bits per heavy atom. The van der Waals surface area contributed by atoms with E-state index in [9.17, 15) is 17.4 Å². The van der Waals surface area contributed by atoms with Gasteiger partial charge < -0.3 is 0 Å². The van der Waals surface area contributed by atoms with Crippen molar-refractivity contribution < 1.29 is 21.6 Å². The lowest BCUT2D eigenvalue weighted by molar-refractivity contribution is -0.269. The first-order valence-electron chi connectivity index (χ1n) is 1.51. The van der Waals surface area contributed by atoms with Gasteiger partial charge in [-0.05, 0) is 0 Å². The molecule has 0 aromatic heterocycles. The van der Waals surface area contributed by atoms with Crippen LogP contribution in [0.4, 0.5) is 13.2 Å². The van der Waals surface area contributed by atoms with Gasteiger partial charge in [-0.1, -0.05) is 0 Å². The minimum absolute atomic E-state index is 0.799. The van der Waals surface area contributed by atoms with E-state index in [1.165, 1.54) is 0 Å². The third kappa shape index (κ3) is 5.90. The first kappa shape index (κ1) is 7.90. The van der Waals surface area contributed by atoms with Gasteiger partial charge in [0.1, 0.15) is 0 Å². The van der Waals surface area contributed by atoms with Gasteiger partial charge in [0.25, 0.3) is 0 Å². The maximum atomic E-state index is 10.9. The van der Waals surface area contributed by atoms with Gasteiger partial charge in [0.05, 0.1) is 0 Å². The Morgan fingerprint density at radius 2 is 1.88 bits per heavy atom. The van der Waals surface area contributed by atoms with Crippen LogP contribution in [-0.4, -0.2) is 16.8 Å². The van der Waals surface area contributed by atoms with E-state index in [1.54, 1.807) is 0 Å². The summed E-state index contributed by atoms with van der Waals surface area (Å²) < 4.78 is 45.2. The lowest BCUT2D eigenvalue weighted by Gasteiger charge is -2.00. The zero-order valence-corrected chi connectivity index (χ0v) is 4.68. The fourth-order valence-corrected chi connectivity index (χ4v) is 0.399. The van der Waals surface area contributed by atoms with Gasteiger partial charge in [-0.15, -0.1) is 13.2 Å². The summed E-state index contributed by atoms with van der Waals surface area (Å²) in [6, 6.07) is 0. The SMILES string of the molecule is CS(=O)OC(F)(F)F. The zero-order valence-electron chi connectivity index (χ0n) is 3.86. The fourth-order valence-electron chi connectivity index (χ4n) is 0.133. The zero-order chi connectivity index (χ0) is 6.78. The Morgan fingerprint density at radius 3 is 1.88 bits per heavy atom. The molecule has 0 aromatic carbocycles. The monoisotopic (exact) mass is 148 g/mol. The standard InChI is InChI=1S/C2H3F3O2S/c1-8(6)7-2(3,4)5/h1H3. The summed E-state index contributed by atoms with van der Waals surface area (Å²) in [6.45, 7) is 0. The van der Waals surface area contributed by atoms with Crippen molar-refractivity contribution in [3.8, 4) is 0 Å². The van der Waals surface area contributed by atoms with Crippen LogP contribution in [0, 0.1) is 0 Å². The first-order chi connectivity index (χ1) is 3.42. The molecule has 0 saturated carbocycles. The molecule has 8 heavy (non-hydrogen) atoms. The molecule has 2 nitrogen and oxygen atoms in total. The highest BCUT2D eigenvalue weighted by Crippen LogP contribution is 2.16. The Labute approximate surface area is 46.3 Å². The van der Waals surface area contributed by atoms with Crippen LogP contribution in [0.15, 0.2) is 0 Å². The van der Waals surface area contributed by atoms with E-state index in [4.69, 9.17) is 0 Å². The number of hydrogen-bond acceptors (Lipinski definition) is 2. The van der Waals surface area contributed by atoms with Crippen LogP contribution in [0.2, 0.25) is 0 Å². The van der Waals surface area contributed by atoms with E-state index in [0.29, 0.717) is 0 Å². The van der Waals surface area contributed by atoms with Crippen LogP contribution in [0.5, 0.6) is 0 Å². The molecule has 0 bridgehead atoms. The van der Waals surface area contributed by atoms with Gasteiger partial charge in [0.2, 0.25) is 0 Å². The molecule has 1 atom stereocenters. The van der Waals surface area contributed by atoms with Crippen molar-refractivity contribution >= 4 is 11.1 Å². The summed E-state index contributed by atoms with van der Waals surface area (Å²) in [5.74, 6) is 0. The lowest BCUT2D eigenvalue weighted by Crippen LogP contribution is -2.13. The molecule has 0 aromatic rings. The molecule has 0 heterocycles. The molecule has 0 spiro atoms. The molecule has 0 N–H and O–H groups in total. The van der Waals surface area contributed by atoms with E-state index in [-0.39, 0.29) is 0 Å². The van der Waals surface area contributed by atoms with Gasteiger partial charge in [-0.3, -0.25) is 0 Å². The molecule has 0 rings (SSSR count). The van der Waals surface area contributed by atoms with Crippen LogP contribution < -0.4 is 0 Å². The highest BCUT2D eigenvalue weighted by atomic mass is 32.2. The third-order valence-corrected chi connectivity index (χ3v) is 0.636. The molecule has 0 amide bonds. The van der Waals surface area contributed by atoms with Gasteiger partial charge in [-0.2, -0.15) is 4.18 Å². The van der Waals surface area contributed by atoms with Gasteiger partial charge in [-0.25, -0.2) is 4.21 Å². The molecule has 50 valence electrons. The molecule has 0 fully saturated rings. The molecule has 6 heteroatoms. The Balaban J connectivity index is 3.55. The molecular formula is C2H3F3O2S. The summed E-state index contributed by atoms with van der Waals surface area (Å²) >= 11 is -2.26. The number of rotatable bonds is 1. The molecule has 0 radical (unpaired) electrons. The van der Waals surface area contributed by atoms with E-state index in [0.717, 1.165) is 6.26 Å². The molecule has 0 aliphatic heterocycles. The largest absolute Gasteiger partial charge is 0.535 e. The normalized spacial score (nSPS) is 16.0. The average Bonchev–Trinajstić information content (AvgIpc) is 1.21. The topological polar surface area (TPSA) is 26.3 Å². The van der Waals surface area contributed by atoms with Crippen molar-refractivity contribution in [1.29, 1.82) is 0 Å². The summed E-state index contributed by atoms with van der Waals surface area (Å²) in [4.78, 5) is 0. The average molecular weight is 148 g/mol. The van der Waals surface area contributed by atoms with Crippen LogP contribution in [0.1, 0.15) is 0 Å². The summed E-state index contributed by atoms with van der Waals surface area (Å²) in [7, 11) is 0. The first-order valence-corrected chi connectivity index (χ1v) is 3.00. The van der Waals surface area contributed by atoms with E-state index in [1.807, 2.05) is 0 Å². The van der Waals surface area contributed by atoms with Crippen molar-refractivity contribution in [1.82, 2.24) is 0 Å². The van der Waals surface area contributed by atoms with Gasteiger partial charge >= 0.3 is 6.36 Å². The summed E-state index contributed by atoms with van der Waals surface area (Å²) in [5.41, 5.74) is 0. The molecule has 0 saturated heterocycles. The Hall–Kier alpha value is -0.100. The van der Waals surface area contributed by atoms with Crippen LogP contribution >= 0.6 is 0 Å². The minimum atomic E-state index is -4.78. The number of halogens is 3. The van der Waals surface area contributed by atoms with Crippen LogP contribution in [0.3, 0.4) is 0 Å². The third-order valence-electron chi connectivity index (χ3n) is 0.212. The lowest BCUT2D eigenvalue weighted by atomic mass is 11.4. The molecule has 0 aliphatic rings. The van der Waals surface area contributed by atoms with Crippen molar-refractivity contribution in [2.24, 2.45) is 0 Å². The van der Waals surface area contributed by atoms with Crippen molar-refractivity contribution in [2.45, 2.75) is 6.36 Å². The Kier molecular flexibility index (Phi) is 2.42. The highest BCUT2D eigenvalue weighted by molar-refractivity contribution is 7.79. The molecule has 0 aliphatic carbocycles. The van der Waals surface area contributed by atoms with Crippen LogP contribution in [0.25, 0.3) is 0 Å². The maximum absolute atomic E-state index is 10.9. The molecule has 1 unspecified atom stereocenters. The summed E-state index contributed by atoms with van der Waals surface area (Å²) in [5, 5.41) is 0. The number of alkyl halides is 3.